The maximum Gasteiger partial charge on any atom is 0.251 e. The Morgan fingerprint density at radius 2 is 2.06 bits per heavy atom. The number of anilines is 1. The molecule has 1 aromatic carbocycles. The first-order valence-corrected chi connectivity index (χ1v) is 6.01. The third-order valence-electron chi connectivity index (χ3n) is 2.41. The van der Waals surface area contributed by atoms with E-state index in [9.17, 15) is 4.79 Å². The number of unbranched alkanes of at least 4 members (excludes halogenated alkanes) is 1. The minimum atomic E-state index is -0.0648. The molecule has 0 aliphatic rings. The smallest absolute Gasteiger partial charge is 0.251 e. The second-order valence-electron chi connectivity index (χ2n) is 3.86. The van der Waals surface area contributed by atoms with Crippen molar-refractivity contribution in [3.63, 3.8) is 0 Å². The Bertz CT molecular complexity index is 357. The lowest BCUT2D eigenvalue weighted by Crippen LogP contribution is -2.23. The van der Waals surface area contributed by atoms with E-state index in [0.717, 1.165) is 18.7 Å². The molecule has 0 heterocycles. The maximum absolute atomic E-state index is 11.6. The fourth-order valence-corrected chi connectivity index (χ4v) is 1.42. The molecule has 0 aromatic heterocycles. The molecule has 3 heteroatoms. The summed E-state index contributed by atoms with van der Waals surface area (Å²) in [5.41, 5.74) is 1.73. The fourth-order valence-electron chi connectivity index (χ4n) is 1.42. The van der Waals surface area contributed by atoms with E-state index < -0.39 is 0 Å². The summed E-state index contributed by atoms with van der Waals surface area (Å²) in [5, 5.41) is 6.05. The zero-order valence-corrected chi connectivity index (χ0v) is 10.3. The van der Waals surface area contributed by atoms with Crippen LogP contribution in [-0.4, -0.2) is 19.0 Å². The summed E-state index contributed by atoms with van der Waals surface area (Å²) in [6.45, 7) is 7.19. The Balaban J connectivity index is 2.49. The molecule has 0 aliphatic carbocycles. The number of benzene rings is 1. The van der Waals surface area contributed by atoms with Crippen LogP contribution in [0.3, 0.4) is 0 Å². The third-order valence-corrected chi connectivity index (χ3v) is 2.41. The van der Waals surface area contributed by atoms with Gasteiger partial charge in [-0.3, -0.25) is 4.79 Å². The largest absolute Gasteiger partial charge is 0.385 e. The number of amides is 1. The Morgan fingerprint density at radius 1 is 1.35 bits per heavy atom. The van der Waals surface area contributed by atoms with Gasteiger partial charge in [0.2, 0.25) is 0 Å². The number of nitrogens with one attached hydrogen (secondary N) is 2. The number of rotatable bonds is 7. The Kier molecular flexibility index (Phi) is 5.86. The highest BCUT2D eigenvalue weighted by molar-refractivity contribution is 5.94. The van der Waals surface area contributed by atoms with Gasteiger partial charge in [0.05, 0.1) is 0 Å². The normalized spacial score (nSPS) is 9.71. The van der Waals surface area contributed by atoms with Gasteiger partial charge in [-0.1, -0.05) is 19.4 Å². The van der Waals surface area contributed by atoms with Crippen LogP contribution in [0.15, 0.2) is 36.9 Å². The van der Waals surface area contributed by atoms with Gasteiger partial charge in [-0.2, -0.15) is 0 Å². The minimum absolute atomic E-state index is 0.0648. The predicted octanol–water partition coefficient (Wildman–Crippen LogP) is 2.81. The summed E-state index contributed by atoms with van der Waals surface area (Å²) in [6, 6.07) is 7.51. The topological polar surface area (TPSA) is 41.1 Å². The lowest BCUT2D eigenvalue weighted by atomic mass is 10.2. The summed E-state index contributed by atoms with van der Waals surface area (Å²) < 4.78 is 0. The van der Waals surface area contributed by atoms with E-state index in [1.165, 1.54) is 6.42 Å². The van der Waals surface area contributed by atoms with Crippen molar-refractivity contribution in [2.45, 2.75) is 19.8 Å². The predicted molar refractivity (Wildman–Crippen MR) is 72.4 cm³/mol. The van der Waals surface area contributed by atoms with Gasteiger partial charge in [0.1, 0.15) is 0 Å². The molecule has 0 fully saturated rings. The molecule has 92 valence electrons. The maximum atomic E-state index is 11.6. The van der Waals surface area contributed by atoms with Crippen LogP contribution in [0.2, 0.25) is 0 Å². The highest BCUT2D eigenvalue weighted by Crippen LogP contribution is 2.09. The van der Waals surface area contributed by atoms with Crippen molar-refractivity contribution in [3.05, 3.63) is 42.5 Å². The van der Waals surface area contributed by atoms with Crippen LogP contribution in [-0.2, 0) is 0 Å². The molecule has 2 N–H and O–H groups in total. The fraction of sp³-hybridized carbons (Fsp3) is 0.357. The molecule has 0 aliphatic heterocycles. The summed E-state index contributed by atoms with van der Waals surface area (Å²) in [4.78, 5) is 11.6. The van der Waals surface area contributed by atoms with E-state index in [4.69, 9.17) is 0 Å². The van der Waals surface area contributed by atoms with Crippen LogP contribution >= 0.6 is 0 Å². The second-order valence-corrected chi connectivity index (χ2v) is 3.86. The molecule has 0 saturated carbocycles. The van der Waals surface area contributed by atoms with Gasteiger partial charge in [0, 0.05) is 24.3 Å². The van der Waals surface area contributed by atoms with Gasteiger partial charge in [-0.05, 0) is 30.7 Å². The molecule has 0 atom stereocenters. The number of hydrogen-bond acceptors (Lipinski definition) is 2. The summed E-state index contributed by atoms with van der Waals surface area (Å²) >= 11 is 0. The van der Waals surface area contributed by atoms with Gasteiger partial charge in [-0.15, -0.1) is 6.58 Å². The quantitative estimate of drug-likeness (QED) is 0.560. The molecule has 17 heavy (non-hydrogen) atoms. The lowest BCUT2D eigenvalue weighted by molar-refractivity contribution is 0.0958. The van der Waals surface area contributed by atoms with Gasteiger partial charge < -0.3 is 10.6 Å². The minimum Gasteiger partial charge on any atom is -0.385 e. The van der Waals surface area contributed by atoms with E-state index >= 15 is 0 Å². The van der Waals surface area contributed by atoms with Gasteiger partial charge >= 0.3 is 0 Å². The second kappa shape index (κ2) is 7.49. The van der Waals surface area contributed by atoms with Crippen molar-refractivity contribution in [1.29, 1.82) is 0 Å². The van der Waals surface area contributed by atoms with Gasteiger partial charge in [0.15, 0.2) is 0 Å². The van der Waals surface area contributed by atoms with E-state index in [-0.39, 0.29) is 5.91 Å². The highest BCUT2D eigenvalue weighted by atomic mass is 16.1. The third kappa shape index (κ3) is 4.72. The van der Waals surface area contributed by atoms with Crippen molar-refractivity contribution in [2.24, 2.45) is 0 Å². The zero-order valence-electron chi connectivity index (χ0n) is 10.3. The highest BCUT2D eigenvalue weighted by Gasteiger charge is 2.02. The van der Waals surface area contributed by atoms with Crippen LogP contribution in [0.4, 0.5) is 5.69 Å². The molecule has 1 rings (SSSR count). The molecule has 0 radical (unpaired) electrons. The molecular weight excluding hydrogens is 212 g/mol. The van der Waals surface area contributed by atoms with Crippen LogP contribution in [0.25, 0.3) is 0 Å². The van der Waals surface area contributed by atoms with Crippen molar-refractivity contribution in [2.75, 3.05) is 18.4 Å². The molecule has 1 aromatic rings. The Hall–Kier alpha value is -1.77. The van der Waals surface area contributed by atoms with Crippen molar-refractivity contribution in [1.82, 2.24) is 5.32 Å². The van der Waals surface area contributed by atoms with E-state index in [1.807, 2.05) is 24.3 Å². The molecule has 0 spiro atoms. The number of hydrogen-bond donors (Lipinski definition) is 2. The zero-order chi connectivity index (χ0) is 12.5. The van der Waals surface area contributed by atoms with Crippen LogP contribution in [0.5, 0.6) is 0 Å². The van der Waals surface area contributed by atoms with Crippen LogP contribution in [0, 0.1) is 0 Å². The van der Waals surface area contributed by atoms with E-state index in [2.05, 4.69) is 24.1 Å². The summed E-state index contributed by atoms with van der Waals surface area (Å²) in [7, 11) is 0. The molecular formula is C14H20N2O. The lowest BCUT2D eigenvalue weighted by Gasteiger charge is -2.06. The monoisotopic (exact) mass is 232 g/mol. The summed E-state index contributed by atoms with van der Waals surface area (Å²) in [5.74, 6) is -0.0648. The SMILES string of the molecule is C=CCNC(=O)c1ccc(NCCCC)cc1. The molecule has 0 saturated heterocycles. The molecule has 3 nitrogen and oxygen atoms in total. The molecule has 0 bridgehead atoms. The first kappa shape index (κ1) is 13.3. The van der Waals surface area contributed by atoms with Gasteiger partial charge in [-0.25, -0.2) is 0 Å². The standard InChI is InChI=1S/C14H20N2O/c1-3-5-11-15-13-8-6-12(7-9-13)14(17)16-10-4-2/h4,6-9,15H,2-3,5,10-11H2,1H3,(H,16,17). The first-order valence-electron chi connectivity index (χ1n) is 6.01. The number of carbonyl (C=O) groups is 1. The summed E-state index contributed by atoms with van der Waals surface area (Å²) in [6.07, 6.45) is 4.00. The Labute approximate surface area is 103 Å². The Morgan fingerprint density at radius 3 is 2.65 bits per heavy atom. The van der Waals surface area contributed by atoms with Crippen molar-refractivity contribution >= 4 is 11.6 Å². The van der Waals surface area contributed by atoms with Crippen LogP contribution < -0.4 is 10.6 Å². The number of carbonyl (C=O) groups excluding carboxylic acids is 1. The molecule has 0 unspecified atom stereocenters. The van der Waals surface area contributed by atoms with Crippen molar-refractivity contribution < 1.29 is 4.79 Å². The van der Waals surface area contributed by atoms with Gasteiger partial charge in [0.25, 0.3) is 5.91 Å². The van der Waals surface area contributed by atoms with E-state index in [1.54, 1.807) is 6.08 Å². The van der Waals surface area contributed by atoms with Crippen molar-refractivity contribution in [3.8, 4) is 0 Å². The first-order chi connectivity index (χ1) is 8.27. The average Bonchev–Trinajstić information content (AvgIpc) is 2.37. The van der Waals surface area contributed by atoms with Crippen LogP contribution in [0.1, 0.15) is 30.1 Å². The average molecular weight is 232 g/mol. The molecule has 1 amide bonds. The van der Waals surface area contributed by atoms with E-state index in [0.29, 0.717) is 12.1 Å².